The predicted octanol–water partition coefficient (Wildman–Crippen LogP) is 4.28. The first-order valence-electron chi connectivity index (χ1n) is 11.5. The van der Waals surface area contributed by atoms with E-state index >= 15 is 0 Å². The molecule has 1 fully saturated rings. The van der Waals surface area contributed by atoms with Crippen molar-refractivity contribution < 1.29 is 23.8 Å². The number of hydrogen-bond acceptors (Lipinski definition) is 5. The smallest absolute Gasteiger partial charge is 0.342 e. The third-order valence-corrected chi connectivity index (χ3v) is 7.21. The van der Waals surface area contributed by atoms with E-state index in [0.29, 0.717) is 42.4 Å². The number of carbonyl (C=O) groups excluding carboxylic acids is 2. The number of benzene rings is 1. The molecule has 172 valence electrons. The van der Waals surface area contributed by atoms with Gasteiger partial charge in [-0.25, -0.2) is 4.79 Å². The van der Waals surface area contributed by atoms with Crippen LogP contribution in [0.3, 0.4) is 0 Å². The summed E-state index contributed by atoms with van der Waals surface area (Å²) < 4.78 is 16.5. The molecule has 0 unspecified atom stereocenters. The van der Waals surface area contributed by atoms with Crippen LogP contribution in [0.4, 0.5) is 0 Å². The van der Waals surface area contributed by atoms with E-state index < -0.39 is 0 Å². The molecule has 0 saturated heterocycles. The number of allylic oxidation sites excluding steroid dienone is 4. The second-order valence-corrected chi connectivity index (χ2v) is 9.20. The predicted molar refractivity (Wildman–Crippen MR) is 122 cm³/mol. The van der Waals surface area contributed by atoms with Gasteiger partial charge in [0.15, 0.2) is 0 Å². The van der Waals surface area contributed by atoms with Crippen molar-refractivity contribution in [3.63, 3.8) is 0 Å². The number of esters is 1. The minimum absolute atomic E-state index is 0.107. The van der Waals surface area contributed by atoms with Crippen LogP contribution in [-0.2, 0) is 22.6 Å². The summed E-state index contributed by atoms with van der Waals surface area (Å²) in [6.45, 7) is 5.00. The molecule has 2 bridgehead atoms. The van der Waals surface area contributed by atoms with E-state index in [2.05, 4.69) is 23.5 Å². The SMILES string of the molecule is COc1c(C)c2c(c(OC)c1C/C=C(\C)CCC(=O)NC[C@@H]1C[C@H]3C=C[C@H]1C3)C(=O)OC2. The maximum absolute atomic E-state index is 12.3. The number of carbonyl (C=O) groups is 2. The van der Waals surface area contributed by atoms with Crippen LogP contribution in [0.2, 0.25) is 0 Å². The van der Waals surface area contributed by atoms with Gasteiger partial charge in [0.05, 0.1) is 14.2 Å². The molecule has 1 aromatic rings. The number of nitrogens with one attached hydrogen (secondary N) is 1. The normalized spacial score (nSPS) is 23.3. The highest BCUT2D eigenvalue weighted by Crippen LogP contribution is 2.43. The fraction of sp³-hybridized carbons (Fsp3) is 0.538. The van der Waals surface area contributed by atoms with Crippen molar-refractivity contribution in [2.75, 3.05) is 20.8 Å². The summed E-state index contributed by atoms with van der Waals surface area (Å²) >= 11 is 0. The molecule has 1 aliphatic heterocycles. The number of methoxy groups -OCH3 is 2. The van der Waals surface area contributed by atoms with Gasteiger partial charge in [0.2, 0.25) is 5.91 Å². The third kappa shape index (κ3) is 4.27. The minimum atomic E-state index is -0.354. The highest BCUT2D eigenvalue weighted by molar-refractivity contribution is 5.98. The Labute approximate surface area is 190 Å². The molecular weight excluding hydrogens is 406 g/mol. The molecule has 4 rings (SSSR count). The van der Waals surface area contributed by atoms with E-state index in [1.807, 2.05) is 13.8 Å². The van der Waals surface area contributed by atoms with E-state index in [-0.39, 0.29) is 18.5 Å². The molecule has 0 spiro atoms. The second kappa shape index (κ2) is 9.39. The topological polar surface area (TPSA) is 73.9 Å². The Morgan fingerprint density at radius 1 is 1.19 bits per heavy atom. The molecule has 1 amide bonds. The van der Waals surface area contributed by atoms with Crippen LogP contribution in [-0.4, -0.2) is 32.6 Å². The third-order valence-electron chi connectivity index (χ3n) is 7.21. The molecule has 1 N–H and O–H groups in total. The molecule has 6 nitrogen and oxygen atoms in total. The van der Waals surface area contributed by atoms with Gasteiger partial charge < -0.3 is 19.5 Å². The molecule has 2 aliphatic carbocycles. The number of ether oxygens (including phenoxy) is 3. The molecule has 3 atom stereocenters. The molecule has 6 heteroatoms. The van der Waals surface area contributed by atoms with E-state index in [9.17, 15) is 9.59 Å². The average molecular weight is 440 g/mol. The highest BCUT2D eigenvalue weighted by Gasteiger charge is 2.35. The quantitative estimate of drug-likeness (QED) is 0.459. The number of amides is 1. The van der Waals surface area contributed by atoms with E-state index in [1.54, 1.807) is 14.2 Å². The lowest BCUT2D eigenvalue weighted by Gasteiger charge is -2.18. The van der Waals surface area contributed by atoms with E-state index in [0.717, 1.165) is 40.5 Å². The summed E-state index contributed by atoms with van der Waals surface area (Å²) in [4.78, 5) is 24.6. The van der Waals surface area contributed by atoms with Crippen molar-refractivity contribution in [3.8, 4) is 11.5 Å². The van der Waals surface area contributed by atoms with E-state index in [4.69, 9.17) is 14.2 Å². The molecule has 0 radical (unpaired) electrons. The van der Waals surface area contributed by atoms with Gasteiger partial charge in [0, 0.05) is 24.1 Å². The Morgan fingerprint density at radius 2 is 1.97 bits per heavy atom. The van der Waals surface area contributed by atoms with Crippen molar-refractivity contribution in [3.05, 3.63) is 46.1 Å². The Morgan fingerprint density at radius 3 is 2.62 bits per heavy atom. The van der Waals surface area contributed by atoms with Crippen LogP contribution in [0.15, 0.2) is 23.8 Å². The van der Waals surface area contributed by atoms with Crippen LogP contribution >= 0.6 is 0 Å². The molecule has 1 heterocycles. The zero-order valence-corrected chi connectivity index (χ0v) is 19.5. The Balaban J connectivity index is 1.37. The fourth-order valence-corrected chi connectivity index (χ4v) is 5.39. The fourth-order valence-electron chi connectivity index (χ4n) is 5.39. The molecule has 0 aromatic heterocycles. The highest BCUT2D eigenvalue weighted by atomic mass is 16.5. The van der Waals surface area contributed by atoms with Crippen LogP contribution in [0.1, 0.15) is 59.7 Å². The van der Waals surface area contributed by atoms with Gasteiger partial charge in [-0.2, -0.15) is 0 Å². The molecule has 32 heavy (non-hydrogen) atoms. The molecule has 1 aromatic carbocycles. The largest absolute Gasteiger partial charge is 0.496 e. The summed E-state index contributed by atoms with van der Waals surface area (Å²) in [6.07, 6.45) is 10.9. The Hall–Kier alpha value is -2.76. The molecular formula is C26H33NO5. The molecule has 3 aliphatic rings. The van der Waals surface area contributed by atoms with Crippen LogP contribution in [0, 0.1) is 24.7 Å². The number of rotatable bonds is 9. The van der Waals surface area contributed by atoms with Crippen molar-refractivity contribution in [1.29, 1.82) is 0 Å². The summed E-state index contributed by atoms with van der Waals surface area (Å²) in [7, 11) is 3.19. The first-order valence-corrected chi connectivity index (χ1v) is 11.5. The molecule has 1 saturated carbocycles. The number of fused-ring (bicyclic) bond motifs is 3. The first-order chi connectivity index (χ1) is 15.4. The van der Waals surface area contributed by atoms with Gasteiger partial charge in [0.1, 0.15) is 23.7 Å². The van der Waals surface area contributed by atoms with Crippen LogP contribution in [0.25, 0.3) is 0 Å². The van der Waals surface area contributed by atoms with Crippen LogP contribution in [0.5, 0.6) is 11.5 Å². The lowest BCUT2D eigenvalue weighted by Crippen LogP contribution is -2.30. The van der Waals surface area contributed by atoms with Gasteiger partial charge in [-0.1, -0.05) is 23.8 Å². The number of hydrogen-bond donors (Lipinski definition) is 1. The second-order valence-electron chi connectivity index (χ2n) is 9.20. The lowest BCUT2D eigenvalue weighted by molar-refractivity contribution is -0.121. The average Bonchev–Trinajstić information content (AvgIpc) is 3.51. The standard InChI is InChI=1S/C26H33NO5/c1-15(6-10-22(28)27-13-19-12-17-7-8-18(19)11-17)5-9-20-24(30-3)16(2)21-14-32-26(29)23(21)25(20)31-4/h5,7-8,17-19H,6,9-14H2,1-4H3,(H,27,28)/b15-5+/t17-,18-,19-/m0/s1. The van der Waals surface area contributed by atoms with Gasteiger partial charge in [0.25, 0.3) is 0 Å². The zero-order chi connectivity index (χ0) is 22.8. The van der Waals surface area contributed by atoms with Gasteiger partial charge in [-0.05, 0) is 62.8 Å². The van der Waals surface area contributed by atoms with Gasteiger partial charge in [-0.15, -0.1) is 0 Å². The van der Waals surface area contributed by atoms with Crippen molar-refractivity contribution in [2.24, 2.45) is 17.8 Å². The van der Waals surface area contributed by atoms with Gasteiger partial charge >= 0.3 is 5.97 Å². The van der Waals surface area contributed by atoms with Crippen molar-refractivity contribution >= 4 is 11.9 Å². The maximum Gasteiger partial charge on any atom is 0.342 e. The van der Waals surface area contributed by atoms with E-state index in [1.165, 1.54) is 12.8 Å². The van der Waals surface area contributed by atoms with Gasteiger partial charge in [-0.3, -0.25) is 4.79 Å². The summed E-state index contributed by atoms with van der Waals surface area (Å²) in [5, 5.41) is 3.12. The first kappa shape index (κ1) is 22.4. The van der Waals surface area contributed by atoms with Crippen molar-refractivity contribution in [1.82, 2.24) is 5.32 Å². The monoisotopic (exact) mass is 439 g/mol. The summed E-state index contributed by atoms with van der Waals surface area (Å²) in [6, 6.07) is 0. The summed E-state index contributed by atoms with van der Waals surface area (Å²) in [5.41, 5.74) is 4.19. The number of cyclic esters (lactones) is 1. The lowest BCUT2D eigenvalue weighted by atomic mass is 9.93. The Kier molecular flexibility index (Phi) is 6.58. The summed E-state index contributed by atoms with van der Waals surface area (Å²) in [5.74, 6) is 2.97. The maximum atomic E-state index is 12.3. The minimum Gasteiger partial charge on any atom is -0.496 e. The van der Waals surface area contributed by atoms with Crippen molar-refractivity contribution in [2.45, 2.75) is 52.6 Å². The van der Waals surface area contributed by atoms with Crippen LogP contribution < -0.4 is 14.8 Å². The Bertz CT molecular complexity index is 977. The zero-order valence-electron chi connectivity index (χ0n) is 19.5.